The van der Waals surface area contributed by atoms with E-state index in [0.29, 0.717) is 11.4 Å². The first-order valence-electron chi connectivity index (χ1n) is 6.41. The molecule has 0 saturated heterocycles. The van der Waals surface area contributed by atoms with Crippen LogP contribution >= 0.6 is 12.0 Å². The molecule has 0 aromatic carbocycles. The van der Waals surface area contributed by atoms with Crippen LogP contribution in [0.3, 0.4) is 0 Å². The SMILES string of the molecule is CC.CC(C)SOC1CCC(C)C(C)C1. The van der Waals surface area contributed by atoms with Crippen LogP contribution in [0.15, 0.2) is 0 Å². The van der Waals surface area contributed by atoms with E-state index in [1.165, 1.54) is 19.3 Å². The zero-order chi connectivity index (χ0) is 11.8. The predicted molar refractivity (Wildman–Crippen MR) is 71.1 cm³/mol. The van der Waals surface area contributed by atoms with Crippen molar-refractivity contribution in [3.8, 4) is 0 Å². The highest BCUT2D eigenvalue weighted by Crippen LogP contribution is 2.33. The molecule has 2 heteroatoms. The molecule has 15 heavy (non-hydrogen) atoms. The van der Waals surface area contributed by atoms with Crippen molar-refractivity contribution in [2.24, 2.45) is 11.8 Å². The van der Waals surface area contributed by atoms with Gasteiger partial charge in [-0.25, -0.2) is 0 Å². The maximum atomic E-state index is 5.78. The minimum absolute atomic E-state index is 0.513. The van der Waals surface area contributed by atoms with E-state index in [4.69, 9.17) is 4.18 Å². The van der Waals surface area contributed by atoms with Gasteiger partial charge in [0.25, 0.3) is 0 Å². The molecule has 1 nitrogen and oxygen atoms in total. The second-order valence-corrected chi connectivity index (χ2v) is 5.96. The van der Waals surface area contributed by atoms with Crippen LogP contribution in [0.25, 0.3) is 0 Å². The minimum Gasteiger partial charge on any atom is -0.312 e. The topological polar surface area (TPSA) is 9.23 Å². The molecule has 0 amide bonds. The molecule has 0 aromatic rings. The Hall–Kier alpha value is 0.310. The first kappa shape index (κ1) is 15.3. The van der Waals surface area contributed by atoms with Crippen LogP contribution in [0.4, 0.5) is 0 Å². The highest BCUT2D eigenvalue weighted by atomic mass is 32.2. The molecule has 0 spiro atoms. The third kappa shape index (κ3) is 6.47. The van der Waals surface area contributed by atoms with Crippen molar-refractivity contribution in [3.63, 3.8) is 0 Å². The lowest BCUT2D eigenvalue weighted by molar-refractivity contribution is 0.119. The summed E-state index contributed by atoms with van der Waals surface area (Å²) in [5, 5.41) is 0.592. The molecule has 0 aliphatic heterocycles. The van der Waals surface area contributed by atoms with Gasteiger partial charge in [-0.1, -0.05) is 41.5 Å². The minimum atomic E-state index is 0.513. The van der Waals surface area contributed by atoms with Gasteiger partial charge in [0.2, 0.25) is 0 Å². The van der Waals surface area contributed by atoms with E-state index in [9.17, 15) is 0 Å². The maximum absolute atomic E-state index is 5.78. The fraction of sp³-hybridized carbons (Fsp3) is 1.00. The zero-order valence-electron chi connectivity index (χ0n) is 11.2. The summed E-state index contributed by atoms with van der Waals surface area (Å²) in [6, 6.07) is 0. The fourth-order valence-corrected chi connectivity index (χ4v) is 2.33. The molecule has 0 bridgehead atoms. The summed E-state index contributed by atoms with van der Waals surface area (Å²) in [5.41, 5.74) is 0. The first-order valence-corrected chi connectivity index (χ1v) is 7.22. The molecule has 3 unspecified atom stereocenters. The first-order chi connectivity index (χ1) is 7.09. The fourth-order valence-electron chi connectivity index (χ4n) is 1.78. The van der Waals surface area contributed by atoms with Crippen LogP contribution < -0.4 is 0 Å². The van der Waals surface area contributed by atoms with Crippen molar-refractivity contribution in [2.45, 2.75) is 72.2 Å². The summed E-state index contributed by atoms with van der Waals surface area (Å²) in [7, 11) is 0. The van der Waals surface area contributed by atoms with Crippen molar-refractivity contribution >= 4 is 12.0 Å². The number of hydrogen-bond donors (Lipinski definition) is 0. The summed E-state index contributed by atoms with van der Waals surface area (Å²) in [6.45, 7) is 13.1. The molecule has 0 heterocycles. The van der Waals surface area contributed by atoms with Crippen LogP contribution in [0.2, 0.25) is 0 Å². The zero-order valence-corrected chi connectivity index (χ0v) is 12.1. The summed E-state index contributed by atoms with van der Waals surface area (Å²) in [6.07, 6.45) is 4.36. The van der Waals surface area contributed by atoms with Crippen molar-refractivity contribution in [1.29, 1.82) is 0 Å². The van der Waals surface area contributed by atoms with Gasteiger partial charge in [-0.15, -0.1) is 0 Å². The van der Waals surface area contributed by atoms with Crippen LogP contribution in [-0.2, 0) is 4.18 Å². The summed E-state index contributed by atoms with van der Waals surface area (Å²) < 4.78 is 5.78. The van der Waals surface area contributed by atoms with Crippen molar-refractivity contribution in [1.82, 2.24) is 0 Å². The average Bonchev–Trinajstić information content (AvgIpc) is 2.23. The summed E-state index contributed by atoms with van der Waals surface area (Å²) >= 11 is 1.64. The molecule has 1 saturated carbocycles. The van der Waals surface area contributed by atoms with E-state index in [-0.39, 0.29) is 0 Å². The molecule has 0 radical (unpaired) electrons. The molecule has 0 N–H and O–H groups in total. The smallest absolute Gasteiger partial charge is 0.0725 e. The second-order valence-electron chi connectivity index (χ2n) is 4.63. The predicted octanol–water partition coefficient (Wildman–Crippen LogP) is 4.91. The van der Waals surface area contributed by atoms with Crippen molar-refractivity contribution in [3.05, 3.63) is 0 Å². The molecule has 1 fully saturated rings. The van der Waals surface area contributed by atoms with E-state index < -0.39 is 0 Å². The lowest BCUT2D eigenvalue weighted by Gasteiger charge is -2.31. The van der Waals surface area contributed by atoms with Crippen molar-refractivity contribution < 1.29 is 4.18 Å². The average molecular weight is 232 g/mol. The maximum Gasteiger partial charge on any atom is 0.0725 e. The monoisotopic (exact) mass is 232 g/mol. The number of rotatable bonds is 3. The van der Waals surface area contributed by atoms with E-state index >= 15 is 0 Å². The largest absolute Gasteiger partial charge is 0.312 e. The Morgan fingerprint density at radius 3 is 2.13 bits per heavy atom. The van der Waals surface area contributed by atoms with E-state index in [0.717, 1.165) is 11.8 Å². The molecule has 92 valence electrons. The second kappa shape index (κ2) is 8.46. The van der Waals surface area contributed by atoms with Gasteiger partial charge in [0.1, 0.15) is 0 Å². The van der Waals surface area contributed by atoms with Crippen LogP contribution in [0.1, 0.15) is 60.8 Å². The Balaban J connectivity index is 0.000000921. The Kier molecular flexibility index (Phi) is 8.64. The van der Waals surface area contributed by atoms with Gasteiger partial charge < -0.3 is 4.18 Å². The Morgan fingerprint density at radius 1 is 1.07 bits per heavy atom. The standard InChI is InChI=1S/C11H22OS.C2H6/c1-8(2)13-12-11-6-5-9(3)10(4)7-11;1-2/h8-11H,5-7H2,1-4H3;1-2H3. The Morgan fingerprint density at radius 2 is 1.67 bits per heavy atom. The molecule has 3 atom stereocenters. The van der Waals surface area contributed by atoms with Gasteiger partial charge >= 0.3 is 0 Å². The van der Waals surface area contributed by atoms with Crippen LogP contribution in [-0.4, -0.2) is 11.4 Å². The van der Waals surface area contributed by atoms with Crippen molar-refractivity contribution in [2.75, 3.05) is 0 Å². The quantitative estimate of drug-likeness (QED) is 0.639. The van der Waals surface area contributed by atoms with Gasteiger partial charge in [0.15, 0.2) is 0 Å². The Bertz CT molecular complexity index is 147. The lowest BCUT2D eigenvalue weighted by Crippen LogP contribution is -2.25. The highest BCUT2D eigenvalue weighted by Gasteiger charge is 2.25. The molecular weight excluding hydrogens is 204 g/mol. The van der Waals surface area contributed by atoms with E-state index in [2.05, 4.69) is 27.7 Å². The van der Waals surface area contributed by atoms with Gasteiger partial charge in [0.05, 0.1) is 6.10 Å². The van der Waals surface area contributed by atoms with E-state index in [1.807, 2.05) is 13.8 Å². The third-order valence-corrected chi connectivity index (χ3v) is 3.70. The molecular formula is C13H28OS. The normalized spacial score (nSPS) is 31.0. The van der Waals surface area contributed by atoms with Gasteiger partial charge in [-0.05, 0) is 43.1 Å². The molecule has 1 aliphatic rings. The third-order valence-electron chi connectivity index (χ3n) is 2.93. The Labute approximate surface area is 101 Å². The molecule has 1 rings (SSSR count). The number of hydrogen-bond acceptors (Lipinski definition) is 2. The molecule has 0 aromatic heterocycles. The van der Waals surface area contributed by atoms with Gasteiger partial charge in [0, 0.05) is 5.25 Å². The van der Waals surface area contributed by atoms with E-state index in [1.54, 1.807) is 12.0 Å². The summed E-state index contributed by atoms with van der Waals surface area (Å²) in [5.74, 6) is 1.73. The van der Waals surface area contributed by atoms with Crippen LogP contribution in [0.5, 0.6) is 0 Å². The summed E-state index contributed by atoms with van der Waals surface area (Å²) in [4.78, 5) is 0. The lowest BCUT2D eigenvalue weighted by atomic mass is 9.80. The van der Waals surface area contributed by atoms with Gasteiger partial charge in [-0.3, -0.25) is 0 Å². The van der Waals surface area contributed by atoms with Gasteiger partial charge in [-0.2, -0.15) is 0 Å². The van der Waals surface area contributed by atoms with Crippen LogP contribution in [0, 0.1) is 11.8 Å². The molecule has 1 aliphatic carbocycles. The highest BCUT2D eigenvalue weighted by molar-refractivity contribution is 7.95.